The average molecular weight is 329 g/mol. The molecule has 1 aliphatic carbocycles. The Hall–Kier alpha value is -1.26. The average Bonchev–Trinajstić information content (AvgIpc) is 2.99. The molecular formula is C18H19NOS2. The van der Waals surface area contributed by atoms with E-state index in [-0.39, 0.29) is 11.9 Å². The van der Waals surface area contributed by atoms with Crippen molar-refractivity contribution in [3.8, 4) is 0 Å². The van der Waals surface area contributed by atoms with Crippen LogP contribution < -0.4 is 5.32 Å². The molecule has 1 aromatic heterocycles. The number of hydrogen-bond donors (Lipinski definition) is 1. The van der Waals surface area contributed by atoms with Crippen molar-refractivity contribution >= 4 is 29.0 Å². The molecule has 0 saturated carbocycles. The number of amides is 1. The van der Waals surface area contributed by atoms with Crippen molar-refractivity contribution < 1.29 is 4.79 Å². The van der Waals surface area contributed by atoms with Crippen molar-refractivity contribution in [3.63, 3.8) is 0 Å². The van der Waals surface area contributed by atoms with Crippen molar-refractivity contribution in [2.45, 2.75) is 43.0 Å². The Kier molecular flexibility index (Phi) is 3.97. The highest BCUT2D eigenvalue weighted by Gasteiger charge is 2.24. The standard InChI is InChI=1S/C18H19NOS2/c20-18(17-11-12-5-1-3-7-15(12)22-17)19-14-9-10-21-16-8-4-2-6-13(14)16/h2,4,6,8,11,14H,1,3,5,7,9-10H2,(H,19,20)/t14-/m1/s1. The van der Waals surface area contributed by atoms with Gasteiger partial charge in [-0.2, -0.15) is 0 Å². The third kappa shape index (κ3) is 2.70. The van der Waals surface area contributed by atoms with Crippen LogP contribution in [-0.2, 0) is 12.8 Å². The largest absolute Gasteiger partial charge is 0.344 e. The first-order valence-corrected chi connectivity index (χ1v) is 9.75. The summed E-state index contributed by atoms with van der Waals surface area (Å²) in [6.45, 7) is 0. The van der Waals surface area contributed by atoms with E-state index in [9.17, 15) is 4.79 Å². The number of aryl methyl sites for hydroxylation is 2. The number of fused-ring (bicyclic) bond motifs is 2. The van der Waals surface area contributed by atoms with Gasteiger partial charge in [0.1, 0.15) is 0 Å². The van der Waals surface area contributed by atoms with E-state index in [1.54, 1.807) is 11.3 Å². The molecule has 1 amide bonds. The molecule has 1 aliphatic heterocycles. The van der Waals surface area contributed by atoms with Crippen LogP contribution in [0, 0.1) is 0 Å². The van der Waals surface area contributed by atoms with Crippen LogP contribution in [0.1, 0.15) is 51.0 Å². The Labute approximate surface area is 139 Å². The van der Waals surface area contributed by atoms with Gasteiger partial charge in [0, 0.05) is 15.5 Å². The Balaban J connectivity index is 1.54. The molecule has 0 unspecified atom stereocenters. The van der Waals surface area contributed by atoms with E-state index in [2.05, 4.69) is 35.6 Å². The normalized spacial score (nSPS) is 20.1. The number of carbonyl (C=O) groups excluding carboxylic acids is 1. The Morgan fingerprint density at radius 3 is 2.95 bits per heavy atom. The van der Waals surface area contributed by atoms with Gasteiger partial charge in [0.15, 0.2) is 0 Å². The summed E-state index contributed by atoms with van der Waals surface area (Å²) in [4.78, 5) is 16.3. The van der Waals surface area contributed by atoms with Crippen molar-refractivity contribution in [2.24, 2.45) is 0 Å². The minimum atomic E-state index is 0.103. The summed E-state index contributed by atoms with van der Waals surface area (Å²) in [5.41, 5.74) is 2.68. The number of nitrogens with one attached hydrogen (secondary N) is 1. The van der Waals surface area contributed by atoms with E-state index in [1.807, 2.05) is 11.8 Å². The molecule has 0 bridgehead atoms. The van der Waals surface area contributed by atoms with Crippen molar-refractivity contribution in [2.75, 3.05) is 5.75 Å². The van der Waals surface area contributed by atoms with Gasteiger partial charge in [-0.15, -0.1) is 23.1 Å². The van der Waals surface area contributed by atoms with Crippen LogP contribution in [0.5, 0.6) is 0 Å². The van der Waals surface area contributed by atoms with Gasteiger partial charge in [-0.05, 0) is 55.4 Å². The first kappa shape index (κ1) is 14.3. The molecule has 4 heteroatoms. The lowest BCUT2D eigenvalue weighted by Crippen LogP contribution is -2.30. The summed E-state index contributed by atoms with van der Waals surface area (Å²) in [6.07, 6.45) is 5.83. The third-order valence-corrected chi connectivity index (χ3v) is 6.84. The quantitative estimate of drug-likeness (QED) is 0.873. The summed E-state index contributed by atoms with van der Waals surface area (Å²) in [7, 11) is 0. The van der Waals surface area contributed by atoms with E-state index in [0.29, 0.717) is 0 Å². The van der Waals surface area contributed by atoms with Crippen LogP contribution in [0.15, 0.2) is 35.2 Å². The van der Waals surface area contributed by atoms with Gasteiger partial charge in [0.05, 0.1) is 10.9 Å². The highest BCUT2D eigenvalue weighted by atomic mass is 32.2. The number of thioether (sulfide) groups is 1. The molecule has 2 aliphatic rings. The molecule has 2 aromatic rings. The second-order valence-corrected chi connectivity index (χ2v) is 8.24. The fourth-order valence-electron chi connectivity index (χ4n) is 3.32. The van der Waals surface area contributed by atoms with Crippen LogP contribution in [0.3, 0.4) is 0 Å². The zero-order valence-corrected chi connectivity index (χ0v) is 14.1. The van der Waals surface area contributed by atoms with Gasteiger partial charge in [-0.3, -0.25) is 4.79 Å². The molecular weight excluding hydrogens is 310 g/mol. The van der Waals surface area contributed by atoms with Gasteiger partial charge in [0.25, 0.3) is 5.91 Å². The second kappa shape index (κ2) is 6.09. The fraction of sp³-hybridized carbons (Fsp3) is 0.389. The minimum Gasteiger partial charge on any atom is -0.344 e. The van der Waals surface area contributed by atoms with Crippen LogP contribution in [0.25, 0.3) is 0 Å². The highest BCUT2D eigenvalue weighted by Crippen LogP contribution is 2.36. The lowest BCUT2D eigenvalue weighted by molar-refractivity contribution is 0.0939. The number of thiophene rings is 1. The second-order valence-electron chi connectivity index (χ2n) is 5.97. The summed E-state index contributed by atoms with van der Waals surface area (Å²) >= 11 is 3.58. The molecule has 1 N–H and O–H groups in total. The summed E-state index contributed by atoms with van der Waals surface area (Å²) in [5, 5.41) is 3.26. The van der Waals surface area contributed by atoms with Gasteiger partial charge in [-0.25, -0.2) is 0 Å². The third-order valence-electron chi connectivity index (χ3n) is 4.48. The SMILES string of the molecule is O=C(N[C@@H]1CCSc2ccccc21)c1cc2c(s1)CCCC2. The van der Waals surface area contributed by atoms with Crippen LogP contribution in [0.2, 0.25) is 0 Å². The van der Waals surface area contributed by atoms with E-state index in [4.69, 9.17) is 0 Å². The van der Waals surface area contributed by atoms with E-state index < -0.39 is 0 Å². The highest BCUT2D eigenvalue weighted by molar-refractivity contribution is 7.99. The predicted octanol–water partition coefficient (Wildman–Crippen LogP) is 4.59. The molecule has 114 valence electrons. The molecule has 22 heavy (non-hydrogen) atoms. The monoisotopic (exact) mass is 329 g/mol. The molecule has 1 atom stereocenters. The lowest BCUT2D eigenvalue weighted by Gasteiger charge is -2.25. The van der Waals surface area contributed by atoms with E-state index >= 15 is 0 Å². The minimum absolute atomic E-state index is 0.103. The van der Waals surface area contributed by atoms with Crippen molar-refractivity contribution in [1.29, 1.82) is 0 Å². The number of hydrogen-bond acceptors (Lipinski definition) is 3. The molecule has 0 spiro atoms. The fourth-order valence-corrected chi connectivity index (χ4v) is 5.61. The maximum Gasteiger partial charge on any atom is 0.261 e. The predicted molar refractivity (Wildman–Crippen MR) is 93.0 cm³/mol. The number of rotatable bonds is 2. The molecule has 2 heterocycles. The van der Waals surface area contributed by atoms with E-state index in [1.165, 1.54) is 33.7 Å². The smallest absolute Gasteiger partial charge is 0.261 e. The Morgan fingerprint density at radius 1 is 1.18 bits per heavy atom. The molecule has 0 saturated heterocycles. The van der Waals surface area contributed by atoms with Gasteiger partial charge >= 0.3 is 0 Å². The first-order valence-electron chi connectivity index (χ1n) is 7.95. The molecule has 0 radical (unpaired) electrons. The van der Waals surface area contributed by atoms with Crippen LogP contribution in [0.4, 0.5) is 0 Å². The molecule has 4 rings (SSSR count). The number of carbonyl (C=O) groups is 1. The maximum absolute atomic E-state index is 12.6. The number of benzene rings is 1. The molecule has 2 nitrogen and oxygen atoms in total. The zero-order valence-electron chi connectivity index (χ0n) is 12.4. The van der Waals surface area contributed by atoms with Crippen molar-refractivity contribution in [1.82, 2.24) is 5.32 Å². The summed E-state index contributed by atoms with van der Waals surface area (Å²) < 4.78 is 0. The van der Waals surface area contributed by atoms with E-state index in [0.717, 1.165) is 29.9 Å². The topological polar surface area (TPSA) is 29.1 Å². The first-order chi connectivity index (χ1) is 10.8. The van der Waals surface area contributed by atoms with Gasteiger partial charge in [0.2, 0.25) is 0 Å². The summed E-state index contributed by atoms with van der Waals surface area (Å²) in [5.74, 6) is 1.18. The van der Waals surface area contributed by atoms with Gasteiger partial charge < -0.3 is 5.32 Å². The summed E-state index contributed by atoms with van der Waals surface area (Å²) in [6, 6.07) is 10.7. The Bertz CT molecular complexity index is 683. The van der Waals surface area contributed by atoms with Gasteiger partial charge in [-0.1, -0.05) is 18.2 Å². The zero-order chi connectivity index (χ0) is 14.9. The Morgan fingerprint density at radius 2 is 2.05 bits per heavy atom. The molecule has 0 fully saturated rings. The maximum atomic E-state index is 12.6. The lowest BCUT2D eigenvalue weighted by atomic mass is 9.99. The van der Waals surface area contributed by atoms with Crippen molar-refractivity contribution in [3.05, 3.63) is 51.2 Å². The van der Waals surface area contributed by atoms with Crippen LogP contribution in [-0.4, -0.2) is 11.7 Å². The molecule has 1 aromatic carbocycles. The van der Waals surface area contributed by atoms with Crippen LogP contribution >= 0.6 is 23.1 Å².